The van der Waals surface area contributed by atoms with Gasteiger partial charge in [-0.3, -0.25) is 29.4 Å². The summed E-state index contributed by atoms with van der Waals surface area (Å²) in [6.07, 6.45) is 7.03. The highest BCUT2D eigenvalue weighted by Gasteiger charge is 2.48. The van der Waals surface area contributed by atoms with Gasteiger partial charge in [-0.2, -0.15) is 0 Å². The number of rotatable bonds is 9. The van der Waals surface area contributed by atoms with Gasteiger partial charge in [-0.25, -0.2) is 14.4 Å². The molecule has 4 aliphatic rings. The number of ether oxygens (including phenoxy) is 2. The number of halogens is 2. The second kappa shape index (κ2) is 12.8. The van der Waals surface area contributed by atoms with Gasteiger partial charge in [0, 0.05) is 85.1 Å². The van der Waals surface area contributed by atoms with Crippen LogP contribution in [0.2, 0.25) is 0 Å². The molecule has 0 radical (unpaired) electrons. The first-order valence-corrected chi connectivity index (χ1v) is 17.6. The Morgan fingerprint density at radius 1 is 0.800 bits per heavy atom. The Morgan fingerprint density at radius 3 is 1.96 bits per heavy atom. The van der Waals surface area contributed by atoms with Gasteiger partial charge in [0.1, 0.15) is 23.0 Å². The summed E-state index contributed by atoms with van der Waals surface area (Å²) < 4.78 is 28.3. The predicted octanol–water partition coefficient (Wildman–Crippen LogP) is 5.21. The number of hydrogen-bond donors (Lipinski definition) is 1. The summed E-state index contributed by atoms with van der Waals surface area (Å²) in [5.41, 5.74) is 4.42. The van der Waals surface area contributed by atoms with E-state index in [-0.39, 0.29) is 16.9 Å². The zero-order valence-corrected chi connectivity index (χ0v) is 29.6. The Balaban J connectivity index is 1.01. The van der Waals surface area contributed by atoms with Crippen molar-refractivity contribution in [2.24, 2.45) is 5.41 Å². The largest absolute Gasteiger partial charge is 0.480 e. The van der Waals surface area contributed by atoms with Crippen molar-refractivity contribution in [3.05, 3.63) is 70.5 Å². The third-order valence-electron chi connectivity index (χ3n) is 10.5. The second-order valence-corrected chi connectivity index (χ2v) is 14.9. The smallest absolute Gasteiger partial charge is 0.237 e. The number of hydrogen-bond acceptors (Lipinski definition) is 10. The summed E-state index contributed by atoms with van der Waals surface area (Å²) in [5.74, 6) is 0.808. The number of amides is 1. The van der Waals surface area contributed by atoms with Gasteiger partial charge < -0.3 is 14.8 Å². The minimum Gasteiger partial charge on any atom is -0.480 e. The SMILES string of the molecule is COc1nc(-c2cccc(-c3cccc(-c4cnc(CN5CC6(CCC(=O)N6)C5)c(OC)n4)c3Br)c2F)cnc1CN1CC2(CCC(=O)C2)C1. The molecule has 1 saturated carbocycles. The van der Waals surface area contributed by atoms with Crippen molar-refractivity contribution in [1.29, 1.82) is 0 Å². The van der Waals surface area contributed by atoms with E-state index in [2.05, 4.69) is 41.0 Å². The van der Waals surface area contributed by atoms with Crippen LogP contribution in [0.15, 0.2) is 53.3 Å². The Hall–Kier alpha value is -4.33. The molecule has 258 valence electrons. The van der Waals surface area contributed by atoms with Gasteiger partial charge in [-0.15, -0.1) is 0 Å². The molecule has 1 N–H and O–H groups in total. The standard InChI is InChI=1S/C37H37BrFN7O4/c1-49-34-30(17-46-20-37(21-46)12-10-31(48)44-37)40-14-27(42-34)25-7-3-5-23(32(25)38)24-6-4-8-26(33(24)39)28-15-41-29(35(43-28)50-2)16-45-18-36(19-45)11-9-22(47)13-36/h3-8,14-15H,9-13,16-21H2,1-2H3,(H,44,48). The van der Waals surface area contributed by atoms with E-state index in [4.69, 9.17) is 19.4 Å². The molecule has 2 spiro atoms. The first-order chi connectivity index (χ1) is 24.2. The fraction of sp³-hybridized carbons (Fsp3) is 0.405. The summed E-state index contributed by atoms with van der Waals surface area (Å²) in [6.45, 7) is 4.38. The molecule has 5 heterocycles. The third kappa shape index (κ3) is 5.94. The quantitative estimate of drug-likeness (QED) is 0.245. The number of carbonyl (C=O) groups excluding carboxylic acids is 2. The van der Waals surface area contributed by atoms with Crippen molar-refractivity contribution in [2.45, 2.75) is 50.7 Å². The van der Waals surface area contributed by atoms with E-state index >= 15 is 4.39 Å². The molecule has 1 aliphatic carbocycles. The minimum absolute atomic E-state index is 0.115. The molecular weight excluding hydrogens is 705 g/mol. The average molecular weight is 743 g/mol. The molecule has 4 fully saturated rings. The van der Waals surface area contributed by atoms with Crippen molar-refractivity contribution in [1.82, 2.24) is 35.1 Å². The lowest BCUT2D eigenvalue weighted by Crippen LogP contribution is -2.66. The highest BCUT2D eigenvalue weighted by molar-refractivity contribution is 9.10. The van der Waals surface area contributed by atoms with Gasteiger partial charge in [-0.05, 0) is 40.4 Å². The number of carbonyl (C=O) groups is 2. The van der Waals surface area contributed by atoms with Crippen LogP contribution in [0.5, 0.6) is 11.8 Å². The molecule has 50 heavy (non-hydrogen) atoms. The number of nitrogens with zero attached hydrogens (tertiary/aromatic N) is 6. The van der Waals surface area contributed by atoms with Gasteiger partial charge in [-0.1, -0.05) is 30.3 Å². The van der Waals surface area contributed by atoms with Gasteiger partial charge in [0.05, 0.1) is 43.5 Å². The molecule has 3 aliphatic heterocycles. The molecule has 0 bridgehead atoms. The van der Waals surface area contributed by atoms with Crippen LogP contribution in [0.3, 0.4) is 0 Å². The van der Waals surface area contributed by atoms with Crippen LogP contribution in [-0.4, -0.2) is 87.4 Å². The summed E-state index contributed by atoms with van der Waals surface area (Å²) >= 11 is 3.74. The highest BCUT2D eigenvalue weighted by Crippen LogP contribution is 2.45. The van der Waals surface area contributed by atoms with Gasteiger partial charge in [0.15, 0.2) is 0 Å². The fourth-order valence-corrected chi connectivity index (χ4v) is 8.79. The van der Waals surface area contributed by atoms with E-state index in [0.717, 1.165) is 44.6 Å². The molecule has 0 unspecified atom stereocenters. The lowest BCUT2D eigenvalue weighted by atomic mass is 9.78. The van der Waals surface area contributed by atoms with E-state index in [1.54, 1.807) is 44.8 Å². The maximum Gasteiger partial charge on any atom is 0.237 e. The average Bonchev–Trinajstić information content (AvgIpc) is 3.68. The van der Waals surface area contributed by atoms with Crippen LogP contribution in [0.4, 0.5) is 4.39 Å². The summed E-state index contributed by atoms with van der Waals surface area (Å²) in [4.78, 5) is 46.8. The van der Waals surface area contributed by atoms with E-state index in [1.807, 2.05) is 18.2 Å². The summed E-state index contributed by atoms with van der Waals surface area (Å²) in [6, 6.07) is 10.8. The Kier molecular flexibility index (Phi) is 8.39. The first-order valence-electron chi connectivity index (χ1n) is 16.8. The van der Waals surface area contributed by atoms with E-state index < -0.39 is 5.82 Å². The van der Waals surface area contributed by atoms with Gasteiger partial charge in [0.25, 0.3) is 0 Å². The van der Waals surface area contributed by atoms with Crippen LogP contribution >= 0.6 is 15.9 Å². The summed E-state index contributed by atoms with van der Waals surface area (Å²) in [5, 5.41) is 3.11. The topological polar surface area (TPSA) is 123 Å². The lowest BCUT2D eigenvalue weighted by molar-refractivity contribution is -0.121. The number of nitrogens with one attached hydrogen (secondary N) is 1. The maximum absolute atomic E-state index is 16.4. The van der Waals surface area contributed by atoms with E-state index in [0.29, 0.717) is 93.8 Å². The number of likely N-dealkylation sites (tertiary alicyclic amines) is 2. The van der Waals surface area contributed by atoms with Gasteiger partial charge in [0.2, 0.25) is 17.7 Å². The molecule has 2 aromatic heterocycles. The summed E-state index contributed by atoms with van der Waals surface area (Å²) in [7, 11) is 3.12. The molecule has 0 atom stereocenters. The number of benzene rings is 2. The fourth-order valence-electron chi connectivity index (χ4n) is 8.11. The van der Waals surface area contributed by atoms with Crippen molar-refractivity contribution < 1.29 is 23.5 Å². The lowest BCUT2D eigenvalue weighted by Gasteiger charge is -2.47. The van der Waals surface area contributed by atoms with Crippen LogP contribution in [0, 0.1) is 11.2 Å². The van der Waals surface area contributed by atoms with Crippen molar-refractivity contribution in [3.63, 3.8) is 0 Å². The Morgan fingerprint density at radius 2 is 1.38 bits per heavy atom. The van der Waals surface area contributed by atoms with Crippen LogP contribution in [0.25, 0.3) is 33.6 Å². The highest BCUT2D eigenvalue weighted by atomic mass is 79.9. The molecule has 8 rings (SSSR count). The zero-order chi connectivity index (χ0) is 34.6. The molecule has 11 nitrogen and oxygen atoms in total. The third-order valence-corrected chi connectivity index (χ3v) is 11.4. The van der Waals surface area contributed by atoms with E-state index in [1.165, 1.54) is 0 Å². The van der Waals surface area contributed by atoms with Crippen molar-refractivity contribution in [2.75, 3.05) is 40.4 Å². The van der Waals surface area contributed by atoms with Crippen LogP contribution in [0.1, 0.15) is 43.5 Å². The molecule has 2 aromatic carbocycles. The van der Waals surface area contributed by atoms with Crippen molar-refractivity contribution in [3.8, 4) is 45.4 Å². The second-order valence-electron chi connectivity index (χ2n) is 14.1. The van der Waals surface area contributed by atoms with Gasteiger partial charge >= 0.3 is 0 Å². The molecule has 1 amide bonds. The number of methoxy groups -OCH3 is 2. The molecule has 3 saturated heterocycles. The van der Waals surface area contributed by atoms with Crippen LogP contribution in [-0.2, 0) is 22.7 Å². The van der Waals surface area contributed by atoms with Crippen molar-refractivity contribution >= 4 is 27.6 Å². The number of ketones is 1. The first kappa shape index (κ1) is 32.9. The predicted molar refractivity (Wildman–Crippen MR) is 187 cm³/mol. The zero-order valence-electron chi connectivity index (χ0n) is 28.0. The monoisotopic (exact) mass is 741 g/mol. The molecular formula is C37H37BrFN7O4. The number of Topliss-reactive ketones (excluding diaryl/α,β-unsaturated/α-hetero) is 1. The van der Waals surface area contributed by atoms with Crippen LogP contribution < -0.4 is 14.8 Å². The van der Waals surface area contributed by atoms with E-state index in [9.17, 15) is 9.59 Å². The number of aromatic nitrogens is 4. The Labute approximate surface area is 297 Å². The Bertz CT molecular complexity index is 1870. The molecule has 4 aromatic rings. The normalized spacial score (nSPS) is 19.4. The minimum atomic E-state index is -0.435. The molecule has 13 heteroatoms. The maximum atomic E-state index is 16.4.